The first kappa shape index (κ1) is 12.4. The van der Waals surface area contributed by atoms with Crippen molar-refractivity contribution in [1.82, 2.24) is 4.98 Å². The highest BCUT2D eigenvalue weighted by molar-refractivity contribution is 5.90. The predicted octanol–water partition coefficient (Wildman–Crippen LogP) is 3.14. The fourth-order valence-corrected chi connectivity index (χ4v) is 1.70. The topological polar surface area (TPSA) is 52.3 Å². The van der Waals surface area contributed by atoms with Crippen molar-refractivity contribution in [1.29, 1.82) is 0 Å². The minimum absolute atomic E-state index is 0.343. The number of carbonyl (C=O) groups is 1. The molecule has 0 aliphatic carbocycles. The highest BCUT2D eigenvalue weighted by Crippen LogP contribution is 2.21. The summed E-state index contributed by atoms with van der Waals surface area (Å²) in [5.41, 5.74) is 1.84. The summed E-state index contributed by atoms with van der Waals surface area (Å²) in [6, 6.07) is 7.22. The first-order chi connectivity index (χ1) is 8.61. The van der Waals surface area contributed by atoms with E-state index in [1.165, 1.54) is 0 Å². The first-order valence-electron chi connectivity index (χ1n) is 5.83. The molecule has 2 rings (SSSR count). The number of hydrogen-bond acceptors (Lipinski definition) is 4. The van der Waals surface area contributed by atoms with Gasteiger partial charge in [0, 0.05) is 0 Å². The van der Waals surface area contributed by atoms with Crippen LogP contribution < -0.4 is 0 Å². The van der Waals surface area contributed by atoms with Crippen LogP contribution in [0.2, 0.25) is 0 Å². The molecule has 0 saturated carbocycles. The molecule has 4 heteroatoms. The summed E-state index contributed by atoms with van der Waals surface area (Å²) < 4.78 is 10.4. The third kappa shape index (κ3) is 2.42. The van der Waals surface area contributed by atoms with Crippen LogP contribution in [0.1, 0.15) is 28.7 Å². The average Bonchev–Trinajstić information content (AvgIpc) is 2.76. The number of aromatic nitrogens is 1. The maximum absolute atomic E-state index is 11.6. The SMILES string of the molecule is CCOC(=O)c1ccc(-c2ccc(C)o2)nc1C. The Bertz CT molecular complexity index is 572. The number of rotatable bonds is 3. The molecule has 4 nitrogen and oxygen atoms in total. The summed E-state index contributed by atoms with van der Waals surface area (Å²) in [7, 11) is 0. The number of nitrogens with zero attached hydrogens (tertiary/aromatic N) is 1. The Balaban J connectivity index is 2.33. The summed E-state index contributed by atoms with van der Waals surface area (Å²) in [5.74, 6) is 1.19. The van der Waals surface area contributed by atoms with E-state index in [-0.39, 0.29) is 5.97 Å². The molecule has 2 aromatic heterocycles. The second-order valence-electron chi connectivity index (χ2n) is 3.96. The lowest BCUT2D eigenvalue weighted by molar-refractivity contribution is 0.0525. The molecule has 0 saturated heterocycles. The van der Waals surface area contributed by atoms with Crippen LogP contribution in [0.5, 0.6) is 0 Å². The second kappa shape index (κ2) is 5.04. The van der Waals surface area contributed by atoms with Gasteiger partial charge in [-0.3, -0.25) is 0 Å². The molecular weight excluding hydrogens is 230 g/mol. The normalized spacial score (nSPS) is 10.4. The third-order valence-corrected chi connectivity index (χ3v) is 2.57. The zero-order valence-electron chi connectivity index (χ0n) is 10.7. The Morgan fingerprint density at radius 2 is 2.06 bits per heavy atom. The molecule has 0 aliphatic rings. The van der Waals surface area contributed by atoms with E-state index in [0.29, 0.717) is 29.3 Å². The zero-order chi connectivity index (χ0) is 13.1. The Morgan fingerprint density at radius 3 is 2.61 bits per heavy atom. The zero-order valence-corrected chi connectivity index (χ0v) is 10.7. The Morgan fingerprint density at radius 1 is 1.28 bits per heavy atom. The molecule has 0 unspecified atom stereocenters. The van der Waals surface area contributed by atoms with Crippen molar-refractivity contribution < 1.29 is 13.9 Å². The van der Waals surface area contributed by atoms with Gasteiger partial charge in [-0.1, -0.05) is 0 Å². The van der Waals surface area contributed by atoms with E-state index in [0.717, 1.165) is 5.76 Å². The van der Waals surface area contributed by atoms with E-state index in [9.17, 15) is 4.79 Å². The molecule has 2 heterocycles. The van der Waals surface area contributed by atoms with Crippen LogP contribution in [-0.4, -0.2) is 17.6 Å². The van der Waals surface area contributed by atoms with Gasteiger partial charge in [0.05, 0.1) is 17.9 Å². The second-order valence-corrected chi connectivity index (χ2v) is 3.96. The molecular formula is C14H15NO3. The number of ether oxygens (including phenoxy) is 1. The number of esters is 1. The van der Waals surface area contributed by atoms with Gasteiger partial charge in [0.2, 0.25) is 0 Å². The Labute approximate surface area is 106 Å². The average molecular weight is 245 g/mol. The summed E-state index contributed by atoms with van der Waals surface area (Å²) in [6.45, 7) is 5.80. The lowest BCUT2D eigenvalue weighted by Gasteiger charge is -2.05. The van der Waals surface area contributed by atoms with E-state index >= 15 is 0 Å². The van der Waals surface area contributed by atoms with Crippen LogP contribution >= 0.6 is 0 Å². The van der Waals surface area contributed by atoms with Gasteiger partial charge in [0.25, 0.3) is 0 Å². The molecule has 94 valence electrons. The quantitative estimate of drug-likeness (QED) is 0.779. The number of hydrogen-bond donors (Lipinski definition) is 0. The maximum Gasteiger partial charge on any atom is 0.339 e. The van der Waals surface area contributed by atoms with Crippen molar-refractivity contribution >= 4 is 5.97 Å². The van der Waals surface area contributed by atoms with Crippen molar-refractivity contribution in [3.8, 4) is 11.5 Å². The monoisotopic (exact) mass is 245 g/mol. The van der Waals surface area contributed by atoms with Crippen LogP contribution in [0.4, 0.5) is 0 Å². The predicted molar refractivity (Wildman–Crippen MR) is 67.4 cm³/mol. The lowest BCUT2D eigenvalue weighted by atomic mass is 10.1. The van der Waals surface area contributed by atoms with E-state index < -0.39 is 0 Å². The van der Waals surface area contributed by atoms with Gasteiger partial charge < -0.3 is 9.15 Å². The van der Waals surface area contributed by atoms with Crippen LogP contribution in [0.3, 0.4) is 0 Å². The Hall–Kier alpha value is -2.10. The van der Waals surface area contributed by atoms with Gasteiger partial charge in [0.15, 0.2) is 5.76 Å². The molecule has 0 atom stereocenters. The molecule has 0 fully saturated rings. The van der Waals surface area contributed by atoms with Crippen LogP contribution in [0.15, 0.2) is 28.7 Å². The number of furan rings is 1. The van der Waals surface area contributed by atoms with Gasteiger partial charge in [-0.2, -0.15) is 0 Å². The van der Waals surface area contributed by atoms with Crippen LogP contribution in [0.25, 0.3) is 11.5 Å². The van der Waals surface area contributed by atoms with Gasteiger partial charge in [-0.25, -0.2) is 9.78 Å². The highest BCUT2D eigenvalue weighted by Gasteiger charge is 2.13. The van der Waals surface area contributed by atoms with Crippen molar-refractivity contribution in [3.05, 3.63) is 41.3 Å². The van der Waals surface area contributed by atoms with E-state index in [1.807, 2.05) is 19.1 Å². The van der Waals surface area contributed by atoms with Crippen molar-refractivity contribution in [2.45, 2.75) is 20.8 Å². The standard InChI is InChI=1S/C14H15NO3/c1-4-17-14(16)11-6-7-12(15-10(11)3)13-8-5-9(2)18-13/h5-8H,4H2,1-3H3. The minimum Gasteiger partial charge on any atom is -0.462 e. The largest absolute Gasteiger partial charge is 0.462 e. The van der Waals surface area contributed by atoms with Gasteiger partial charge in [-0.15, -0.1) is 0 Å². The first-order valence-corrected chi connectivity index (χ1v) is 5.83. The van der Waals surface area contributed by atoms with E-state index in [4.69, 9.17) is 9.15 Å². The lowest BCUT2D eigenvalue weighted by Crippen LogP contribution is -2.07. The van der Waals surface area contributed by atoms with Gasteiger partial charge >= 0.3 is 5.97 Å². The molecule has 0 amide bonds. The molecule has 18 heavy (non-hydrogen) atoms. The van der Waals surface area contributed by atoms with E-state index in [1.54, 1.807) is 26.0 Å². The smallest absolute Gasteiger partial charge is 0.339 e. The van der Waals surface area contributed by atoms with Crippen LogP contribution in [-0.2, 0) is 4.74 Å². The van der Waals surface area contributed by atoms with Gasteiger partial charge in [0.1, 0.15) is 11.5 Å². The third-order valence-electron chi connectivity index (χ3n) is 2.57. The molecule has 0 spiro atoms. The molecule has 0 bridgehead atoms. The van der Waals surface area contributed by atoms with Crippen molar-refractivity contribution in [2.24, 2.45) is 0 Å². The molecule has 0 N–H and O–H groups in total. The number of pyridine rings is 1. The summed E-state index contributed by atoms with van der Waals surface area (Å²) in [6.07, 6.45) is 0. The molecule has 0 aliphatic heterocycles. The summed E-state index contributed by atoms with van der Waals surface area (Å²) in [5, 5.41) is 0. The highest BCUT2D eigenvalue weighted by atomic mass is 16.5. The maximum atomic E-state index is 11.6. The number of carbonyl (C=O) groups excluding carboxylic acids is 1. The van der Waals surface area contributed by atoms with E-state index in [2.05, 4.69) is 4.98 Å². The Kier molecular flexibility index (Phi) is 3.46. The van der Waals surface area contributed by atoms with Crippen molar-refractivity contribution in [3.63, 3.8) is 0 Å². The van der Waals surface area contributed by atoms with Crippen molar-refractivity contribution in [2.75, 3.05) is 6.61 Å². The van der Waals surface area contributed by atoms with Gasteiger partial charge in [-0.05, 0) is 45.0 Å². The fraction of sp³-hybridized carbons (Fsp3) is 0.286. The molecule has 0 aromatic carbocycles. The molecule has 2 aromatic rings. The summed E-state index contributed by atoms with van der Waals surface area (Å²) >= 11 is 0. The van der Waals surface area contributed by atoms with Crippen LogP contribution in [0, 0.1) is 13.8 Å². The fourth-order valence-electron chi connectivity index (χ4n) is 1.70. The minimum atomic E-state index is -0.343. The molecule has 0 radical (unpaired) electrons. The number of aryl methyl sites for hydroxylation is 2. The summed E-state index contributed by atoms with van der Waals surface area (Å²) in [4.78, 5) is 16.0.